The summed E-state index contributed by atoms with van der Waals surface area (Å²) in [6, 6.07) is 5.15. The number of nitrogens with one attached hydrogen (secondary N) is 2. The van der Waals surface area contributed by atoms with Crippen LogP contribution in [0.15, 0.2) is 29.2 Å². The molecule has 4 nitrogen and oxygen atoms in total. The fraction of sp³-hybridized carbons (Fsp3) is 0.429. The Labute approximate surface area is 130 Å². The first kappa shape index (κ1) is 18.3. The number of alkyl halides is 3. The van der Waals surface area contributed by atoms with Crippen LogP contribution in [-0.4, -0.2) is 30.4 Å². The molecule has 0 fully saturated rings. The van der Waals surface area contributed by atoms with Crippen molar-refractivity contribution in [3.8, 4) is 0 Å². The van der Waals surface area contributed by atoms with Crippen LogP contribution in [0.4, 0.5) is 13.2 Å². The number of carbonyl (C=O) groups is 2. The molecule has 2 amide bonds. The van der Waals surface area contributed by atoms with Crippen LogP contribution in [0.25, 0.3) is 0 Å². The number of thioether (sulfide) groups is 1. The number of benzene rings is 1. The molecule has 1 rings (SSSR count). The molecule has 0 heterocycles. The van der Waals surface area contributed by atoms with Gasteiger partial charge in [0.15, 0.2) is 0 Å². The van der Waals surface area contributed by atoms with Crippen molar-refractivity contribution in [2.75, 3.05) is 13.1 Å². The summed E-state index contributed by atoms with van der Waals surface area (Å²) >= 11 is -0.231. The highest BCUT2D eigenvalue weighted by atomic mass is 32.2. The van der Waals surface area contributed by atoms with Gasteiger partial charge in [-0.05, 0) is 36.0 Å². The molecule has 1 aromatic carbocycles. The topological polar surface area (TPSA) is 58.2 Å². The van der Waals surface area contributed by atoms with Crippen molar-refractivity contribution in [1.29, 1.82) is 0 Å². The number of rotatable bonds is 6. The lowest BCUT2D eigenvalue weighted by Gasteiger charge is -2.09. The molecule has 122 valence electrons. The second-order valence-corrected chi connectivity index (χ2v) is 5.91. The van der Waals surface area contributed by atoms with Gasteiger partial charge in [-0.1, -0.05) is 13.8 Å². The third kappa shape index (κ3) is 6.84. The lowest BCUT2D eigenvalue weighted by molar-refractivity contribution is -0.123. The highest BCUT2D eigenvalue weighted by molar-refractivity contribution is 8.00. The molecule has 0 unspecified atom stereocenters. The molecule has 0 bridgehead atoms. The molecule has 0 saturated heterocycles. The van der Waals surface area contributed by atoms with Crippen LogP contribution in [0, 0.1) is 5.92 Å². The molecular formula is C14H17F3N2O2S. The van der Waals surface area contributed by atoms with Gasteiger partial charge in [-0.2, -0.15) is 13.2 Å². The van der Waals surface area contributed by atoms with Crippen LogP contribution in [0.3, 0.4) is 0 Å². The lowest BCUT2D eigenvalue weighted by Crippen LogP contribution is -2.36. The Kier molecular flexibility index (Phi) is 6.73. The minimum Gasteiger partial charge on any atom is -0.354 e. The van der Waals surface area contributed by atoms with Crippen LogP contribution in [0.1, 0.15) is 24.2 Å². The Morgan fingerprint density at radius 1 is 1.09 bits per heavy atom. The minimum absolute atomic E-state index is 0.0215. The Balaban J connectivity index is 2.41. The Morgan fingerprint density at radius 3 is 2.14 bits per heavy atom. The van der Waals surface area contributed by atoms with Crippen molar-refractivity contribution in [2.24, 2.45) is 5.92 Å². The molecule has 0 aliphatic carbocycles. The number of amides is 2. The minimum atomic E-state index is -4.35. The highest BCUT2D eigenvalue weighted by Crippen LogP contribution is 2.36. The number of carbonyl (C=O) groups excluding carboxylic acids is 2. The Hall–Kier alpha value is -1.70. The second-order valence-electron chi connectivity index (χ2n) is 4.77. The zero-order valence-corrected chi connectivity index (χ0v) is 13.0. The van der Waals surface area contributed by atoms with E-state index >= 15 is 0 Å². The normalized spacial score (nSPS) is 11.4. The summed E-state index contributed by atoms with van der Waals surface area (Å²) in [7, 11) is 0. The molecule has 1 aromatic rings. The van der Waals surface area contributed by atoms with Gasteiger partial charge in [-0.15, -0.1) is 0 Å². The molecule has 0 aliphatic rings. The van der Waals surface area contributed by atoms with E-state index in [0.717, 1.165) is 0 Å². The Bertz CT molecular complexity index is 516. The molecule has 0 aromatic heterocycles. The van der Waals surface area contributed by atoms with Crippen molar-refractivity contribution in [3.05, 3.63) is 29.8 Å². The highest BCUT2D eigenvalue weighted by Gasteiger charge is 2.29. The van der Waals surface area contributed by atoms with Gasteiger partial charge in [0.05, 0.1) is 0 Å². The molecule has 22 heavy (non-hydrogen) atoms. The van der Waals surface area contributed by atoms with E-state index in [1.807, 2.05) is 0 Å². The van der Waals surface area contributed by atoms with Gasteiger partial charge in [0.1, 0.15) is 0 Å². The van der Waals surface area contributed by atoms with Gasteiger partial charge >= 0.3 is 5.51 Å². The summed E-state index contributed by atoms with van der Waals surface area (Å²) in [6.45, 7) is 4.06. The van der Waals surface area contributed by atoms with Gasteiger partial charge < -0.3 is 10.6 Å². The smallest absolute Gasteiger partial charge is 0.354 e. The maximum absolute atomic E-state index is 12.2. The summed E-state index contributed by atoms with van der Waals surface area (Å²) in [6.07, 6.45) is 0. The summed E-state index contributed by atoms with van der Waals surface area (Å²) in [4.78, 5) is 23.1. The van der Waals surface area contributed by atoms with Gasteiger partial charge in [-0.25, -0.2) is 0 Å². The van der Waals surface area contributed by atoms with Crippen molar-refractivity contribution in [2.45, 2.75) is 24.3 Å². The molecule has 0 atom stereocenters. The fourth-order valence-electron chi connectivity index (χ4n) is 1.48. The zero-order valence-electron chi connectivity index (χ0n) is 12.2. The molecule has 2 N–H and O–H groups in total. The number of halogens is 3. The van der Waals surface area contributed by atoms with Crippen LogP contribution >= 0.6 is 11.8 Å². The SMILES string of the molecule is CC(C)C(=O)NCCNC(=O)c1ccc(SC(F)(F)F)cc1. The summed E-state index contributed by atoms with van der Waals surface area (Å²) in [5.41, 5.74) is -4.08. The van der Waals surface area contributed by atoms with Crippen LogP contribution in [0.5, 0.6) is 0 Å². The van der Waals surface area contributed by atoms with E-state index in [0.29, 0.717) is 6.54 Å². The van der Waals surface area contributed by atoms with Crippen molar-refractivity contribution in [3.63, 3.8) is 0 Å². The van der Waals surface area contributed by atoms with Gasteiger partial charge in [-0.3, -0.25) is 9.59 Å². The Morgan fingerprint density at radius 2 is 1.64 bits per heavy atom. The maximum atomic E-state index is 12.2. The lowest BCUT2D eigenvalue weighted by atomic mass is 10.2. The van der Waals surface area contributed by atoms with Gasteiger partial charge in [0.2, 0.25) is 5.91 Å². The largest absolute Gasteiger partial charge is 0.446 e. The molecular weight excluding hydrogens is 317 g/mol. The first-order chi connectivity index (χ1) is 10.2. The second kappa shape index (κ2) is 8.07. The first-order valence-corrected chi connectivity index (χ1v) is 7.42. The quantitative estimate of drug-likeness (QED) is 0.621. The van der Waals surface area contributed by atoms with E-state index in [1.165, 1.54) is 24.3 Å². The van der Waals surface area contributed by atoms with E-state index in [4.69, 9.17) is 0 Å². The van der Waals surface area contributed by atoms with Crippen LogP contribution < -0.4 is 10.6 Å². The van der Waals surface area contributed by atoms with Crippen molar-refractivity contribution in [1.82, 2.24) is 10.6 Å². The van der Waals surface area contributed by atoms with E-state index in [1.54, 1.807) is 13.8 Å². The van der Waals surface area contributed by atoms with E-state index in [-0.39, 0.29) is 40.6 Å². The molecule has 0 spiro atoms. The molecule has 0 radical (unpaired) electrons. The average molecular weight is 334 g/mol. The van der Waals surface area contributed by atoms with Gasteiger partial charge in [0.25, 0.3) is 5.91 Å². The fourth-order valence-corrected chi connectivity index (χ4v) is 2.02. The summed E-state index contributed by atoms with van der Waals surface area (Å²) in [5.74, 6) is -0.639. The van der Waals surface area contributed by atoms with Crippen LogP contribution in [-0.2, 0) is 4.79 Å². The maximum Gasteiger partial charge on any atom is 0.446 e. The van der Waals surface area contributed by atoms with Crippen molar-refractivity contribution < 1.29 is 22.8 Å². The van der Waals surface area contributed by atoms with Gasteiger partial charge in [0, 0.05) is 29.5 Å². The third-order valence-electron chi connectivity index (χ3n) is 2.58. The van der Waals surface area contributed by atoms with Crippen molar-refractivity contribution >= 4 is 23.6 Å². The van der Waals surface area contributed by atoms with E-state index < -0.39 is 11.4 Å². The summed E-state index contributed by atoms with van der Waals surface area (Å²) < 4.78 is 36.5. The zero-order chi connectivity index (χ0) is 16.8. The predicted molar refractivity (Wildman–Crippen MR) is 78.5 cm³/mol. The number of hydrogen-bond donors (Lipinski definition) is 2. The van der Waals surface area contributed by atoms with E-state index in [9.17, 15) is 22.8 Å². The third-order valence-corrected chi connectivity index (χ3v) is 3.32. The standard InChI is InChI=1S/C14H17F3N2O2S/c1-9(2)12(20)18-7-8-19-13(21)10-3-5-11(6-4-10)22-14(15,16)17/h3-6,9H,7-8H2,1-2H3,(H,18,20)(H,19,21). The average Bonchev–Trinajstić information content (AvgIpc) is 2.42. The molecule has 0 saturated carbocycles. The molecule has 0 aliphatic heterocycles. The predicted octanol–water partition coefficient (Wildman–Crippen LogP) is 2.80. The van der Waals surface area contributed by atoms with Crippen LogP contribution in [0.2, 0.25) is 0 Å². The summed E-state index contributed by atoms with van der Waals surface area (Å²) in [5, 5.41) is 5.22. The van der Waals surface area contributed by atoms with E-state index in [2.05, 4.69) is 10.6 Å². The monoisotopic (exact) mass is 334 g/mol. The number of hydrogen-bond acceptors (Lipinski definition) is 3. The molecule has 8 heteroatoms. The first-order valence-electron chi connectivity index (χ1n) is 6.61.